The minimum atomic E-state index is 0.374. The third-order valence-electron chi connectivity index (χ3n) is 1.53. The van der Waals surface area contributed by atoms with E-state index < -0.39 is 0 Å². The van der Waals surface area contributed by atoms with Gasteiger partial charge in [0.05, 0.1) is 5.03 Å². The minimum absolute atomic E-state index is 0.374. The average molecular weight is 183 g/mol. The average Bonchev–Trinajstić information content (AvgIpc) is 2.29. The standard InChI is InChI=1S/C9H7ClO2/c10-7-5-11-8-3-1-2-4-9(8)12-6-7/h1-5H,6H2. The van der Waals surface area contributed by atoms with Crippen LogP contribution in [-0.4, -0.2) is 6.61 Å². The van der Waals surface area contributed by atoms with E-state index in [0.29, 0.717) is 17.4 Å². The lowest BCUT2D eigenvalue weighted by Gasteiger charge is -2.04. The Bertz CT molecular complexity index is 320. The fraction of sp³-hybridized carbons (Fsp3) is 0.111. The first-order valence-corrected chi connectivity index (χ1v) is 3.97. The second kappa shape index (κ2) is 3.07. The highest BCUT2D eigenvalue weighted by Crippen LogP contribution is 2.29. The van der Waals surface area contributed by atoms with E-state index in [0.717, 1.165) is 5.75 Å². The molecule has 3 heteroatoms. The predicted octanol–water partition coefficient (Wildman–Crippen LogP) is 2.54. The zero-order chi connectivity index (χ0) is 8.39. The van der Waals surface area contributed by atoms with E-state index in [9.17, 15) is 0 Å². The second-order valence-corrected chi connectivity index (χ2v) is 2.90. The molecule has 62 valence electrons. The first-order valence-electron chi connectivity index (χ1n) is 3.59. The van der Waals surface area contributed by atoms with Gasteiger partial charge in [0.2, 0.25) is 0 Å². The number of fused-ring (bicyclic) bond motifs is 1. The van der Waals surface area contributed by atoms with Gasteiger partial charge in [0.1, 0.15) is 12.9 Å². The van der Waals surface area contributed by atoms with Crippen molar-refractivity contribution in [2.24, 2.45) is 0 Å². The van der Waals surface area contributed by atoms with Gasteiger partial charge < -0.3 is 9.47 Å². The molecule has 1 aliphatic rings. The number of rotatable bonds is 0. The molecule has 1 aromatic carbocycles. The van der Waals surface area contributed by atoms with Crippen molar-refractivity contribution in [3.05, 3.63) is 35.6 Å². The number of hydrogen-bond acceptors (Lipinski definition) is 2. The summed E-state index contributed by atoms with van der Waals surface area (Å²) in [6, 6.07) is 7.46. The lowest BCUT2D eigenvalue weighted by molar-refractivity contribution is 0.354. The van der Waals surface area contributed by atoms with Gasteiger partial charge in [-0.05, 0) is 12.1 Å². The van der Waals surface area contributed by atoms with Gasteiger partial charge in [0.25, 0.3) is 0 Å². The highest BCUT2D eigenvalue weighted by Gasteiger charge is 2.08. The molecule has 2 nitrogen and oxygen atoms in total. The van der Waals surface area contributed by atoms with E-state index >= 15 is 0 Å². The topological polar surface area (TPSA) is 18.5 Å². The molecule has 1 aliphatic heterocycles. The van der Waals surface area contributed by atoms with E-state index in [2.05, 4.69) is 0 Å². The Labute approximate surface area is 75.4 Å². The van der Waals surface area contributed by atoms with Gasteiger partial charge >= 0.3 is 0 Å². The normalized spacial score (nSPS) is 14.9. The Morgan fingerprint density at radius 1 is 1.17 bits per heavy atom. The summed E-state index contributed by atoms with van der Waals surface area (Å²) in [4.78, 5) is 0. The fourth-order valence-electron chi connectivity index (χ4n) is 0.975. The van der Waals surface area contributed by atoms with Crippen molar-refractivity contribution in [2.45, 2.75) is 0 Å². The van der Waals surface area contributed by atoms with Crippen molar-refractivity contribution in [3.8, 4) is 11.5 Å². The Balaban J connectivity index is 2.35. The summed E-state index contributed by atoms with van der Waals surface area (Å²) in [6.07, 6.45) is 1.49. The molecule has 0 saturated carbocycles. The summed E-state index contributed by atoms with van der Waals surface area (Å²) in [6.45, 7) is 0.374. The van der Waals surface area contributed by atoms with Gasteiger partial charge in [0.15, 0.2) is 11.5 Å². The summed E-state index contributed by atoms with van der Waals surface area (Å²) in [7, 11) is 0. The molecular weight excluding hydrogens is 176 g/mol. The molecular formula is C9H7ClO2. The maximum atomic E-state index is 5.72. The monoisotopic (exact) mass is 182 g/mol. The molecule has 12 heavy (non-hydrogen) atoms. The van der Waals surface area contributed by atoms with Gasteiger partial charge in [0, 0.05) is 0 Å². The summed E-state index contributed by atoms with van der Waals surface area (Å²) in [5.41, 5.74) is 0. The zero-order valence-corrected chi connectivity index (χ0v) is 7.04. The largest absolute Gasteiger partial charge is 0.484 e. The molecule has 1 aromatic rings. The molecule has 0 amide bonds. The molecule has 1 heterocycles. The van der Waals surface area contributed by atoms with Gasteiger partial charge in [-0.2, -0.15) is 0 Å². The van der Waals surface area contributed by atoms with Crippen molar-refractivity contribution in [1.82, 2.24) is 0 Å². The molecule has 2 rings (SSSR count). The van der Waals surface area contributed by atoms with Crippen LogP contribution in [0.1, 0.15) is 0 Å². The first-order chi connectivity index (χ1) is 5.86. The Morgan fingerprint density at radius 3 is 2.75 bits per heavy atom. The number of hydrogen-bond donors (Lipinski definition) is 0. The molecule has 0 bridgehead atoms. The maximum absolute atomic E-state index is 5.72. The van der Waals surface area contributed by atoms with Crippen LogP contribution in [0.3, 0.4) is 0 Å². The predicted molar refractivity (Wildman–Crippen MR) is 46.5 cm³/mol. The van der Waals surface area contributed by atoms with Gasteiger partial charge in [-0.1, -0.05) is 23.7 Å². The Kier molecular flexibility index (Phi) is 1.92. The Morgan fingerprint density at radius 2 is 1.92 bits per heavy atom. The third-order valence-corrected chi connectivity index (χ3v) is 1.73. The highest BCUT2D eigenvalue weighted by atomic mass is 35.5. The van der Waals surface area contributed by atoms with Crippen LogP contribution in [-0.2, 0) is 0 Å². The lowest BCUT2D eigenvalue weighted by atomic mass is 10.3. The molecule has 0 fully saturated rings. The van der Waals surface area contributed by atoms with Crippen LogP contribution in [0.4, 0.5) is 0 Å². The van der Waals surface area contributed by atoms with E-state index in [-0.39, 0.29) is 0 Å². The minimum Gasteiger partial charge on any atom is -0.484 e. The number of benzene rings is 1. The van der Waals surface area contributed by atoms with E-state index in [4.69, 9.17) is 21.1 Å². The molecule has 0 aromatic heterocycles. The van der Waals surface area contributed by atoms with Crippen LogP contribution in [0.2, 0.25) is 0 Å². The summed E-state index contributed by atoms with van der Waals surface area (Å²) >= 11 is 5.72. The molecule has 0 unspecified atom stereocenters. The molecule has 0 atom stereocenters. The molecule has 0 N–H and O–H groups in total. The van der Waals surface area contributed by atoms with Crippen LogP contribution < -0.4 is 9.47 Å². The Hall–Kier alpha value is -1.15. The number of para-hydroxylation sites is 2. The van der Waals surface area contributed by atoms with Crippen molar-refractivity contribution < 1.29 is 9.47 Å². The molecule has 0 saturated heterocycles. The van der Waals surface area contributed by atoms with Crippen molar-refractivity contribution in [1.29, 1.82) is 0 Å². The molecule has 0 radical (unpaired) electrons. The first kappa shape index (κ1) is 7.50. The quantitative estimate of drug-likeness (QED) is 0.614. The summed E-state index contributed by atoms with van der Waals surface area (Å²) in [5, 5.41) is 0.561. The van der Waals surface area contributed by atoms with Crippen molar-refractivity contribution in [2.75, 3.05) is 6.61 Å². The van der Waals surface area contributed by atoms with E-state index in [1.54, 1.807) is 0 Å². The van der Waals surface area contributed by atoms with Crippen LogP contribution >= 0.6 is 11.6 Å². The smallest absolute Gasteiger partial charge is 0.168 e. The van der Waals surface area contributed by atoms with Crippen LogP contribution in [0, 0.1) is 0 Å². The van der Waals surface area contributed by atoms with Gasteiger partial charge in [-0.25, -0.2) is 0 Å². The van der Waals surface area contributed by atoms with E-state index in [1.807, 2.05) is 24.3 Å². The van der Waals surface area contributed by atoms with Crippen LogP contribution in [0.5, 0.6) is 11.5 Å². The summed E-state index contributed by atoms with van der Waals surface area (Å²) < 4.78 is 10.6. The molecule has 0 aliphatic carbocycles. The van der Waals surface area contributed by atoms with Crippen molar-refractivity contribution >= 4 is 11.6 Å². The maximum Gasteiger partial charge on any atom is 0.168 e. The SMILES string of the molecule is ClC1=COc2ccccc2OC1. The van der Waals surface area contributed by atoms with Gasteiger partial charge in [-0.3, -0.25) is 0 Å². The fourth-order valence-corrected chi connectivity index (χ4v) is 1.07. The van der Waals surface area contributed by atoms with E-state index in [1.165, 1.54) is 6.26 Å². The molecule has 0 spiro atoms. The van der Waals surface area contributed by atoms with Crippen LogP contribution in [0.15, 0.2) is 35.6 Å². The summed E-state index contributed by atoms with van der Waals surface area (Å²) in [5.74, 6) is 1.43. The van der Waals surface area contributed by atoms with Crippen molar-refractivity contribution in [3.63, 3.8) is 0 Å². The van der Waals surface area contributed by atoms with Gasteiger partial charge in [-0.15, -0.1) is 0 Å². The second-order valence-electron chi connectivity index (χ2n) is 2.42. The number of ether oxygens (including phenoxy) is 2. The third kappa shape index (κ3) is 1.38. The number of halogens is 1. The lowest BCUT2D eigenvalue weighted by Crippen LogP contribution is -1.94. The highest BCUT2D eigenvalue weighted by molar-refractivity contribution is 6.29. The van der Waals surface area contributed by atoms with Crippen LogP contribution in [0.25, 0.3) is 0 Å². The zero-order valence-electron chi connectivity index (χ0n) is 6.29.